The highest BCUT2D eigenvalue weighted by atomic mass is 15.3. The molecule has 3 heterocycles. The van der Waals surface area contributed by atoms with Gasteiger partial charge in [0.05, 0.1) is 17.3 Å². The number of anilines is 1. The molecule has 2 atom stereocenters. The van der Waals surface area contributed by atoms with Crippen LogP contribution in [0.4, 0.5) is 5.82 Å². The lowest BCUT2D eigenvalue weighted by Crippen LogP contribution is -2.42. The van der Waals surface area contributed by atoms with Gasteiger partial charge in [0.2, 0.25) is 0 Å². The molecule has 6 heteroatoms. The van der Waals surface area contributed by atoms with Gasteiger partial charge in [-0.05, 0) is 37.8 Å². The van der Waals surface area contributed by atoms with Gasteiger partial charge in [-0.1, -0.05) is 18.2 Å². The van der Waals surface area contributed by atoms with Crippen LogP contribution in [-0.4, -0.2) is 38.9 Å². The third-order valence-electron chi connectivity index (χ3n) is 4.85. The Bertz CT molecular complexity index is 826. The monoisotopic (exact) mass is 322 g/mol. The summed E-state index contributed by atoms with van der Waals surface area (Å²) in [4.78, 5) is 11.3. The molecule has 1 aromatic carbocycles. The first-order valence-electron chi connectivity index (χ1n) is 8.48. The van der Waals surface area contributed by atoms with Crippen molar-refractivity contribution in [3.8, 4) is 5.69 Å². The second-order valence-electron chi connectivity index (χ2n) is 6.53. The van der Waals surface area contributed by atoms with Crippen LogP contribution in [0.25, 0.3) is 16.7 Å². The number of hydrogen-bond donors (Lipinski definition) is 1. The molecular weight excluding hydrogens is 300 g/mol. The van der Waals surface area contributed by atoms with Crippen molar-refractivity contribution in [2.75, 3.05) is 18.0 Å². The van der Waals surface area contributed by atoms with Gasteiger partial charge in [0.15, 0.2) is 5.65 Å². The Labute approximate surface area is 141 Å². The van der Waals surface area contributed by atoms with Crippen LogP contribution in [0.3, 0.4) is 0 Å². The molecule has 0 amide bonds. The Hall–Kier alpha value is -2.47. The van der Waals surface area contributed by atoms with Crippen molar-refractivity contribution in [3.05, 3.63) is 42.9 Å². The van der Waals surface area contributed by atoms with Crippen LogP contribution in [0.2, 0.25) is 0 Å². The van der Waals surface area contributed by atoms with E-state index >= 15 is 0 Å². The number of fused-ring (bicyclic) bond motifs is 1. The second kappa shape index (κ2) is 6.20. The maximum absolute atomic E-state index is 6.12. The number of nitrogens with zero attached hydrogens (tertiary/aromatic N) is 5. The Morgan fingerprint density at radius 1 is 1.21 bits per heavy atom. The summed E-state index contributed by atoms with van der Waals surface area (Å²) >= 11 is 0. The highest BCUT2D eigenvalue weighted by molar-refractivity contribution is 5.87. The molecule has 4 rings (SSSR count). The number of piperidine rings is 1. The molecule has 0 bridgehead atoms. The fourth-order valence-corrected chi connectivity index (χ4v) is 3.47. The maximum Gasteiger partial charge on any atom is 0.168 e. The van der Waals surface area contributed by atoms with E-state index < -0.39 is 0 Å². The minimum atomic E-state index is 0.206. The predicted octanol–water partition coefficient (Wildman–Crippen LogP) is 2.38. The van der Waals surface area contributed by atoms with Crippen LogP contribution in [0.1, 0.15) is 19.8 Å². The molecule has 6 nitrogen and oxygen atoms in total. The minimum Gasteiger partial charge on any atom is -0.356 e. The van der Waals surface area contributed by atoms with E-state index in [2.05, 4.69) is 26.9 Å². The first-order chi connectivity index (χ1) is 11.7. The smallest absolute Gasteiger partial charge is 0.168 e. The van der Waals surface area contributed by atoms with Crippen molar-refractivity contribution in [2.45, 2.75) is 25.8 Å². The molecule has 1 aliphatic rings. The van der Waals surface area contributed by atoms with E-state index in [1.165, 1.54) is 6.42 Å². The molecule has 0 saturated carbocycles. The van der Waals surface area contributed by atoms with Gasteiger partial charge in [-0.25, -0.2) is 14.6 Å². The van der Waals surface area contributed by atoms with Crippen molar-refractivity contribution in [1.29, 1.82) is 0 Å². The quantitative estimate of drug-likeness (QED) is 0.801. The summed E-state index contributed by atoms with van der Waals surface area (Å²) in [6.45, 7) is 4.04. The molecule has 2 unspecified atom stereocenters. The third kappa shape index (κ3) is 2.63. The van der Waals surface area contributed by atoms with E-state index in [1.54, 1.807) is 6.33 Å². The highest BCUT2D eigenvalue weighted by Crippen LogP contribution is 2.29. The Balaban J connectivity index is 1.74. The molecule has 3 aromatic rings. The largest absolute Gasteiger partial charge is 0.356 e. The molecule has 2 N–H and O–H groups in total. The van der Waals surface area contributed by atoms with Crippen molar-refractivity contribution < 1.29 is 0 Å². The zero-order valence-corrected chi connectivity index (χ0v) is 13.8. The first kappa shape index (κ1) is 15.1. The highest BCUT2D eigenvalue weighted by Gasteiger charge is 2.25. The third-order valence-corrected chi connectivity index (χ3v) is 4.85. The summed E-state index contributed by atoms with van der Waals surface area (Å²) in [5.74, 6) is 1.47. The average Bonchev–Trinajstić information content (AvgIpc) is 3.06. The fourth-order valence-electron chi connectivity index (χ4n) is 3.47. The maximum atomic E-state index is 6.12. The summed E-state index contributed by atoms with van der Waals surface area (Å²) in [5, 5.41) is 5.53. The van der Waals surface area contributed by atoms with Crippen LogP contribution in [-0.2, 0) is 0 Å². The zero-order chi connectivity index (χ0) is 16.5. The molecule has 0 radical (unpaired) electrons. The van der Waals surface area contributed by atoms with Crippen molar-refractivity contribution in [1.82, 2.24) is 19.7 Å². The van der Waals surface area contributed by atoms with Crippen LogP contribution in [0, 0.1) is 5.92 Å². The summed E-state index contributed by atoms with van der Waals surface area (Å²) < 4.78 is 1.87. The lowest BCUT2D eigenvalue weighted by atomic mass is 9.92. The number of rotatable bonds is 3. The molecule has 1 saturated heterocycles. The predicted molar refractivity (Wildman–Crippen MR) is 95.2 cm³/mol. The SMILES string of the molecule is CC(N)C1CCCN(c2ncnc3c2cnn3-c2ccccc2)C1. The number of hydrogen-bond acceptors (Lipinski definition) is 5. The Morgan fingerprint density at radius 2 is 2.04 bits per heavy atom. The number of benzene rings is 1. The number of nitrogens with two attached hydrogens (primary N) is 1. The number of aromatic nitrogens is 4. The van der Waals surface area contributed by atoms with E-state index in [-0.39, 0.29) is 6.04 Å². The van der Waals surface area contributed by atoms with Crippen molar-refractivity contribution in [3.63, 3.8) is 0 Å². The van der Waals surface area contributed by atoms with E-state index in [0.717, 1.165) is 42.0 Å². The Kier molecular flexibility index (Phi) is 3.90. The van der Waals surface area contributed by atoms with Crippen LogP contribution >= 0.6 is 0 Å². The first-order valence-corrected chi connectivity index (χ1v) is 8.48. The lowest BCUT2D eigenvalue weighted by molar-refractivity contribution is 0.363. The van der Waals surface area contributed by atoms with Crippen LogP contribution in [0.5, 0.6) is 0 Å². The Morgan fingerprint density at radius 3 is 2.83 bits per heavy atom. The fraction of sp³-hybridized carbons (Fsp3) is 0.389. The standard InChI is InChI=1S/C18H22N6/c1-13(19)14-6-5-9-23(11-14)17-16-10-22-24(18(16)21-12-20-17)15-7-3-2-4-8-15/h2-4,7-8,10,12-14H,5-6,9,11,19H2,1H3. The summed E-state index contributed by atoms with van der Waals surface area (Å²) in [5.41, 5.74) is 7.97. The summed E-state index contributed by atoms with van der Waals surface area (Å²) in [7, 11) is 0. The molecule has 2 aromatic heterocycles. The summed E-state index contributed by atoms with van der Waals surface area (Å²) in [6.07, 6.45) is 5.83. The van der Waals surface area contributed by atoms with Crippen LogP contribution < -0.4 is 10.6 Å². The van der Waals surface area contributed by atoms with Gasteiger partial charge in [-0.15, -0.1) is 0 Å². The molecule has 0 spiro atoms. The zero-order valence-electron chi connectivity index (χ0n) is 13.8. The average molecular weight is 322 g/mol. The lowest BCUT2D eigenvalue weighted by Gasteiger charge is -2.35. The van der Waals surface area contributed by atoms with E-state index in [4.69, 9.17) is 5.73 Å². The molecule has 24 heavy (non-hydrogen) atoms. The van der Waals surface area contributed by atoms with Gasteiger partial charge < -0.3 is 10.6 Å². The molecule has 0 aliphatic carbocycles. The topological polar surface area (TPSA) is 72.9 Å². The summed E-state index contributed by atoms with van der Waals surface area (Å²) in [6, 6.07) is 10.3. The van der Waals surface area contributed by atoms with Crippen molar-refractivity contribution in [2.24, 2.45) is 11.7 Å². The van der Waals surface area contributed by atoms with E-state index in [1.807, 2.05) is 41.2 Å². The minimum absolute atomic E-state index is 0.206. The van der Waals surface area contributed by atoms with E-state index in [0.29, 0.717) is 5.92 Å². The molecule has 1 aliphatic heterocycles. The number of para-hydroxylation sites is 1. The van der Waals surface area contributed by atoms with Gasteiger partial charge in [0.1, 0.15) is 12.1 Å². The van der Waals surface area contributed by atoms with Gasteiger partial charge in [-0.2, -0.15) is 5.10 Å². The van der Waals surface area contributed by atoms with Crippen LogP contribution in [0.15, 0.2) is 42.9 Å². The van der Waals surface area contributed by atoms with Gasteiger partial charge in [-0.3, -0.25) is 0 Å². The molecule has 124 valence electrons. The van der Waals surface area contributed by atoms with Gasteiger partial charge in [0.25, 0.3) is 0 Å². The second-order valence-corrected chi connectivity index (χ2v) is 6.53. The van der Waals surface area contributed by atoms with Gasteiger partial charge in [0, 0.05) is 19.1 Å². The van der Waals surface area contributed by atoms with E-state index in [9.17, 15) is 0 Å². The van der Waals surface area contributed by atoms with Gasteiger partial charge >= 0.3 is 0 Å². The molecule has 1 fully saturated rings. The normalized spacial score (nSPS) is 19.6. The van der Waals surface area contributed by atoms with Crippen molar-refractivity contribution >= 4 is 16.9 Å². The molecular formula is C18H22N6.